The number of hydrogen-bond donors (Lipinski definition) is 0. The monoisotopic (exact) mass is 850 g/mol. The maximum absolute atomic E-state index is 16.9. The molecule has 6 heterocycles. The highest BCUT2D eigenvalue weighted by molar-refractivity contribution is 7.24. The number of fused-ring (bicyclic) bond motifs is 5. The van der Waals surface area contributed by atoms with Crippen molar-refractivity contribution in [3.05, 3.63) is 94.2 Å². The first kappa shape index (κ1) is 41.2. The Bertz CT molecular complexity index is 2420. The first-order valence-corrected chi connectivity index (χ1v) is 25.2. The zero-order valence-corrected chi connectivity index (χ0v) is 37.8. The zero-order chi connectivity index (χ0) is 40.2. The van der Waals surface area contributed by atoms with Crippen molar-refractivity contribution in [1.29, 1.82) is 0 Å². The van der Waals surface area contributed by atoms with E-state index in [-0.39, 0.29) is 11.6 Å². The molecule has 0 aliphatic heterocycles. The third-order valence-electron chi connectivity index (χ3n) is 11.7. The van der Waals surface area contributed by atoms with E-state index in [1.165, 1.54) is 43.5 Å². The molecule has 0 bridgehead atoms. The Hall–Kier alpha value is -3.56. The van der Waals surface area contributed by atoms with Crippen LogP contribution in [0.2, 0.25) is 0 Å². The number of benzene rings is 2. The van der Waals surface area contributed by atoms with Gasteiger partial charge in [0.1, 0.15) is 11.6 Å². The summed E-state index contributed by atoms with van der Waals surface area (Å²) in [6.07, 6.45) is 15.4. The molecule has 0 atom stereocenters. The lowest BCUT2D eigenvalue weighted by Crippen LogP contribution is -1.99. The second-order valence-electron chi connectivity index (χ2n) is 15.9. The van der Waals surface area contributed by atoms with E-state index in [1.54, 1.807) is 57.5 Å². The van der Waals surface area contributed by atoms with Crippen molar-refractivity contribution in [3.8, 4) is 40.4 Å². The number of aromatic nitrogens is 2. The van der Waals surface area contributed by atoms with Crippen LogP contribution in [0.3, 0.4) is 0 Å². The topological polar surface area (TPSA) is 9.86 Å². The van der Waals surface area contributed by atoms with Crippen molar-refractivity contribution in [2.24, 2.45) is 0 Å². The second kappa shape index (κ2) is 18.8. The van der Waals surface area contributed by atoms with Crippen LogP contribution < -0.4 is 0 Å². The highest BCUT2D eigenvalue weighted by atomic mass is 32.1. The van der Waals surface area contributed by atoms with Crippen molar-refractivity contribution >= 4 is 78.2 Å². The number of unbranched alkanes of at least 4 members (excludes halogenated alkanes) is 8. The van der Waals surface area contributed by atoms with Gasteiger partial charge in [-0.2, -0.15) is 0 Å². The summed E-state index contributed by atoms with van der Waals surface area (Å²) in [7, 11) is 0. The van der Waals surface area contributed by atoms with E-state index in [4.69, 9.17) is 0 Å². The van der Waals surface area contributed by atoms with Crippen LogP contribution in [0.15, 0.2) is 71.4 Å². The number of thiophene rings is 4. The molecule has 8 aromatic rings. The van der Waals surface area contributed by atoms with Gasteiger partial charge in [-0.05, 0) is 109 Å². The van der Waals surface area contributed by atoms with Crippen LogP contribution in [0.25, 0.3) is 73.2 Å². The van der Waals surface area contributed by atoms with Gasteiger partial charge in [0.2, 0.25) is 0 Å². The SMILES string of the molecule is CCCCCCn1c2cc(-c3cc(CCCC)c(-c4cccs4)s3)c(F)cc2c2c1c1cc(F)c(-c3cc(CCCC)c(-c4cccs4)s3)cc1n2CCCCCC. The predicted octanol–water partition coefficient (Wildman–Crippen LogP) is 17.8. The van der Waals surface area contributed by atoms with Crippen LogP contribution in [-0.4, -0.2) is 9.13 Å². The molecule has 0 spiro atoms. The number of halogens is 2. The first-order chi connectivity index (χ1) is 28.4. The van der Waals surface area contributed by atoms with E-state index in [9.17, 15) is 0 Å². The molecule has 0 saturated carbocycles. The summed E-state index contributed by atoms with van der Waals surface area (Å²) in [6.45, 7) is 10.6. The van der Waals surface area contributed by atoms with Crippen molar-refractivity contribution in [2.75, 3.05) is 0 Å². The van der Waals surface area contributed by atoms with E-state index in [0.29, 0.717) is 11.1 Å². The quantitative estimate of drug-likeness (QED) is 0.0676. The highest BCUT2D eigenvalue weighted by Crippen LogP contribution is 2.47. The molecule has 304 valence electrons. The van der Waals surface area contributed by atoms with E-state index in [1.807, 2.05) is 0 Å². The summed E-state index contributed by atoms with van der Waals surface area (Å²) in [6, 6.07) is 20.9. The Morgan fingerprint density at radius 3 is 1.29 bits per heavy atom. The summed E-state index contributed by atoms with van der Waals surface area (Å²) in [4.78, 5) is 7.00. The van der Waals surface area contributed by atoms with Crippen LogP contribution in [0.4, 0.5) is 8.78 Å². The molecule has 0 unspecified atom stereocenters. The summed E-state index contributed by atoms with van der Waals surface area (Å²) in [5.41, 5.74) is 8.14. The van der Waals surface area contributed by atoms with Gasteiger partial charge in [-0.15, -0.1) is 45.3 Å². The van der Waals surface area contributed by atoms with E-state index >= 15 is 8.78 Å². The van der Waals surface area contributed by atoms with Crippen LogP contribution in [0, 0.1) is 11.6 Å². The Morgan fingerprint density at radius 2 is 0.914 bits per heavy atom. The second-order valence-corrected chi connectivity index (χ2v) is 19.9. The van der Waals surface area contributed by atoms with Gasteiger partial charge in [0.15, 0.2) is 0 Å². The summed E-state index contributed by atoms with van der Waals surface area (Å²) < 4.78 is 38.6. The van der Waals surface area contributed by atoms with E-state index in [0.717, 1.165) is 133 Å². The molecule has 0 aliphatic rings. The van der Waals surface area contributed by atoms with Gasteiger partial charge >= 0.3 is 0 Å². The Kier molecular flexibility index (Phi) is 13.3. The van der Waals surface area contributed by atoms with Crippen LogP contribution in [0.1, 0.15) is 116 Å². The van der Waals surface area contributed by atoms with Gasteiger partial charge in [0, 0.05) is 64.3 Å². The average Bonchev–Trinajstić information content (AvgIpc) is 4.09. The van der Waals surface area contributed by atoms with Crippen molar-refractivity contribution in [3.63, 3.8) is 0 Å². The van der Waals surface area contributed by atoms with Crippen LogP contribution in [0.5, 0.6) is 0 Å². The predicted molar refractivity (Wildman–Crippen MR) is 254 cm³/mol. The molecule has 6 aromatic heterocycles. The van der Waals surface area contributed by atoms with Gasteiger partial charge in [-0.25, -0.2) is 8.78 Å². The number of nitrogens with zero attached hydrogens (tertiary/aromatic N) is 2. The molecule has 2 aromatic carbocycles. The molecule has 0 radical (unpaired) electrons. The fourth-order valence-corrected chi connectivity index (χ4v) is 12.9. The number of rotatable bonds is 20. The Morgan fingerprint density at radius 1 is 0.483 bits per heavy atom. The lowest BCUT2D eigenvalue weighted by Gasteiger charge is -2.11. The smallest absolute Gasteiger partial charge is 0.132 e. The molecule has 0 N–H and O–H groups in total. The van der Waals surface area contributed by atoms with Crippen LogP contribution >= 0.6 is 45.3 Å². The molecule has 58 heavy (non-hydrogen) atoms. The highest BCUT2D eigenvalue weighted by Gasteiger charge is 2.26. The minimum Gasteiger partial charge on any atom is -0.339 e. The van der Waals surface area contributed by atoms with E-state index < -0.39 is 0 Å². The van der Waals surface area contributed by atoms with Gasteiger partial charge in [-0.1, -0.05) is 91.2 Å². The maximum atomic E-state index is 16.9. The van der Waals surface area contributed by atoms with Crippen LogP contribution in [-0.2, 0) is 25.9 Å². The zero-order valence-electron chi connectivity index (χ0n) is 34.5. The summed E-state index contributed by atoms with van der Waals surface area (Å²) in [5.74, 6) is -0.375. The normalized spacial score (nSPS) is 12.0. The summed E-state index contributed by atoms with van der Waals surface area (Å²) >= 11 is 6.95. The molecule has 0 saturated heterocycles. The molecule has 8 rings (SSSR count). The van der Waals surface area contributed by atoms with Gasteiger partial charge in [0.05, 0.1) is 22.1 Å². The third kappa shape index (κ3) is 8.16. The third-order valence-corrected chi connectivity index (χ3v) is 16.3. The van der Waals surface area contributed by atoms with Crippen molar-refractivity contribution < 1.29 is 8.78 Å². The standard InChI is InChI=1S/C50H56F2N2S4/c1-5-9-13-15-23-53-41-31-35(45-27-33(19-11-7-3)49(57-45)43-21-17-25-55-43)39(51)29-37(41)48-47(53)38-30-40(52)36(32-42(38)54(48)24-16-14-10-6-2)46-28-34(20-12-8-4)50(58-46)44-22-18-26-56-44/h17-18,21-22,25-32H,5-16,19-20,23-24H2,1-4H3. The van der Waals surface area contributed by atoms with Gasteiger partial charge in [-0.3, -0.25) is 0 Å². The minimum absolute atomic E-state index is 0.187. The first-order valence-electron chi connectivity index (χ1n) is 21.8. The average molecular weight is 851 g/mol. The van der Waals surface area contributed by atoms with Crippen molar-refractivity contribution in [2.45, 2.75) is 131 Å². The van der Waals surface area contributed by atoms with E-state index in [2.05, 4.69) is 96.1 Å². The number of hydrogen-bond acceptors (Lipinski definition) is 4. The fourth-order valence-electron chi connectivity index (χ4n) is 8.69. The minimum atomic E-state index is -0.187. The molecular formula is C50H56F2N2S4. The lowest BCUT2D eigenvalue weighted by molar-refractivity contribution is 0.600. The largest absolute Gasteiger partial charge is 0.339 e. The summed E-state index contributed by atoms with van der Waals surface area (Å²) in [5, 5.41) is 6.12. The molecule has 8 heteroatoms. The lowest BCUT2D eigenvalue weighted by atomic mass is 10.1. The molecule has 0 amide bonds. The van der Waals surface area contributed by atoms with Crippen molar-refractivity contribution in [1.82, 2.24) is 9.13 Å². The molecule has 0 aliphatic carbocycles. The van der Waals surface area contributed by atoms with Gasteiger partial charge in [0.25, 0.3) is 0 Å². The molecule has 2 nitrogen and oxygen atoms in total. The molecular weight excluding hydrogens is 795 g/mol. The number of aryl methyl sites for hydroxylation is 4. The fraction of sp³-hybridized carbons (Fsp3) is 0.400. The Balaban J connectivity index is 1.33. The Labute approximate surface area is 359 Å². The van der Waals surface area contributed by atoms with Gasteiger partial charge < -0.3 is 9.13 Å². The maximum Gasteiger partial charge on any atom is 0.132 e. The molecule has 0 fully saturated rings.